The highest BCUT2D eigenvalue weighted by molar-refractivity contribution is 6.26. The second-order valence-electron chi connectivity index (χ2n) is 24.3. The van der Waals surface area contributed by atoms with Crippen LogP contribution in [0.15, 0.2) is 328 Å². The number of hydrogen-bond donors (Lipinski definition) is 0. The maximum absolute atomic E-state index is 5.11. The molecular weight excluding hydrogens is 1130 g/mol. The third kappa shape index (κ3) is 8.46. The normalized spacial score (nSPS) is 11.9. The van der Waals surface area contributed by atoms with Gasteiger partial charge in [0.2, 0.25) is 0 Å². The molecule has 432 valence electrons. The van der Waals surface area contributed by atoms with Crippen molar-refractivity contribution in [3.8, 4) is 84.6 Å². The molecule has 0 bridgehead atoms. The Bertz CT molecular complexity index is 6140. The summed E-state index contributed by atoms with van der Waals surface area (Å²) in [6.45, 7) is 0. The van der Waals surface area contributed by atoms with Crippen LogP contribution in [-0.4, -0.2) is 28.7 Å². The van der Waals surface area contributed by atoms with Crippen LogP contribution in [0.5, 0.6) is 0 Å². The molecule has 0 fully saturated rings. The molecule has 0 saturated carbocycles. The molecule has 0 aliphatic heterocycles. The van der Waals surface area contributed by atoms with Crippen LogP contribution in [0.1, 0.15) is 0 Å². The Labute approximate surface area is 535 Å². The average molecular weight is 1180 g/mol. The lowest BCUT2D eigenvalue weighted by Crippen LogP contribution is -2.00. The molecule has 0 unspecified atom stereocenters. The number of rotatable bonds is 9. The van der Waals surface area contributed by atoms with Crippen molar-refractivity contribution < 1.29 is 0 Å². The zero-order valence-electron chi connectivity index (χ0n) is 50.4. The Morgan fingerprint density at radius 3 is 1.10 bits per heavy atom. The van der Waals surface area contributed by atoms with E-state index in [1.807, 2.05) is 36.4 Å². The number of hydrogen-bond acceptors (Lipinski definition) is 3. The van der Waals surface area contributed by atoms with Crippen LogP contribution in [0.4, 0.5) is 0 Å². The summed E-state index contributed by atoms with van der Waals surface area (Å²) >= 11 is 0. The van der Waals surface area contributed by atoms with Gasteiger partial charge in [-0.2, -0.15) is 0 Å². The van der Waals surface area contributed by atoms with E-state index in [1.54, 1.807) is 0 Å². The Morgan fingerprint density at radius 1 is 0.172 bits per heavy atom. The van der Waals surface area contributed by atoms with Gasteiger partial charge in [-0.3, -0.25) is 0 Å². The van der Waals surface area contributed by atoms with Gasteiger partial charge in [-0.1, -0.05) is 231 Å². The zero-order valence-corrected chi connectivity index (χ0v) is 50.4. The molecule has 15 aromatic carbocycles. The van der Waals surface area contributed by atoms with Crippen molar-refractivity contribution in [3.63, 3.8) is 0 Å². The summed E-state index contributed by atoms with van der Waals surface area (Å²) < 4.78 is 7.31. The Hall–Kier alpha value is -12.5. The number of benzene rings is 15. The second kappa shape index (κ2) is 21.1. The molecule has 4 heterocycles. The summed E-state index contributed by atoms with van der Waals surface area (Å²) in [7, 11) is 0. The summed E-state index contributed by atoms with van der Waals surface area (Å²) in [5.41, 5.74) is 20.1. The first-order chi connectivity index (χ1) is 46.1. The minimum atomic E-state index is 0.625. The summed E-state index contributed by atoms with van der Waals surface area (Å²) in [4.78, 5) is 15.2. The van der Waals surface area contributed by atoms with Gasteiger partial charge in [0.05, 0.1) is 33.1 Å². The van der Waals surface area contributed by atoms with Crippen LogP contribution in [0.3, 0.4) is 0 Å². The van der Waals surface area contributed by atoms with E-state index in [2.05, 4.69) is 305 Å². The van der Waals surface area contributed by atoms with Gasteiger partial charge in [0.1, 0.15) is 0 Å². The molecule has 0 atom stereocenters. The van der Waals surface area contributed by atoms with E-state index in [0.717, 1.165) is 66.9 Å². The molecular formula is C87H54N6. The van der Waals surface area contributed by atoms with Gasteiger partial charge in [0.25, 0.3) is 0 Å². The molecule has 6 heteroatoms. The maximum Gasteiger partial charge on any atom is 0.164 e. The summed E-state index contributed by atoms with van der Waals surface area (Å²) in [6.07, 6.45) is 0. The fourth-order valence-electron chi connectivity index (χ4n) is 14.8. The third-order valence-electron chi connectivity index (χ3n) is 19.0. The van der Waals surface area contributed by atoms with E-state index in [0.29, 0.717) is 17.5 Å². The van der Waals surface area contributed by atoms with Gasteiger partial charge in [-0.25, -0.2) is 15.0 Å². The van der Waals surface area contributed by atoms with Gasteiger partial charge < -0.3 is 13.7 Å². The molecule has 19 rings (SSSR count). The number of aromatic nitrogens is 6. The van der Waals surface area contributed by atoms with E-state index >= 15 is 0 Å². The summed E-state index contributed by atoms with van der Waals surface area (Å²) in [6, 6.07) is 119. The average Bonchev–Trinajstić information content (AvgIpc) is 1.72. The first-order valence-corrected chi connectivity index (χ1v) is 31.7. The van der Waals surface area contributed by atoms with E-state index in [1.165, 1.54) is 97.9 Å². The molecule has 0 spiro atoms. The van der Waals surface area contributed by atoms with Crippen molar-refractivity contribution in [1.29, 1.82) is 0 Å². The fourth-order valence-corrected chi connectivity index (χ4v) is 14.8. The highest BCUT2D eigenvalue weighted by atomic mass is 15.0. The van der Waals surface area contributed by atoms with Crippen LogP contribution in [0.25, 0.3) is 182 Å². The minimum absolute atomic E-state index is 0.625. The lowest BCUT2D eigenvalue weighted by atomic mass is 9.93. The third-order valence-corrected chi connectivity index (χ3v) is 19.0. The predicted molar refractivity (Wildman–Crippen MR) is 388 cm³/mol. The van der Waals surface area contributed by atoms with Crippen molar-refractivity contribution in [2.45, 2.75) is 0 Å². The van der Waals surface area contributed by atoms with Gasteiger partial charge in [-0.15, -0.1) is 0 Å². The Kier molecular flexibility index (Phi) is 11.9. The van der Waals surface area contributed by atoms with Gasteiger partial charge in [0.15, 0.2) is 17.5 Å². The summed E-state index contributed by atoms with van der Waals surface area (Å²) in [5.74, 6) is 1.90. The van der Waals surface area contributed by atoms with Crippen LogP contribution in [0, 0.1) is 0 Å². The van der Waals surface area contributed by atoms with Crippen molar-refractivity contribution in [2.24, 2.45) is 0 Å². The molecule has 6 nitrogen and oxygen atoms in total. The Balaban J connectivity index is 0.740. The predicted octanol–water partition coefficient (Wildman–Crippen LogP) is 22.6. The van der Waals surface area contributed by atoms with Crippen molar-refractivity contribution >= 4 is 97.7 Å². The maximum atomic E-state index is 5.11. The molecule has 19 aromatic rings. The first kappa shape index (κ1) is 52.4. The molecule has 0 N–H and O–H groups in total. The molecule has 0 saturated heterocycles. The molecule has 4 aromatic heterocycles. The SMILES string of the molecule is c1ccc(-c2ccc3c(c2)c2cc(-c4ccc5c(c4)c4ccccc4n5-c4ccccc4)ccc2n3-c2ccc3c4ccc(-n5c6ccccc6c6c(-c7cccc(-c8nc(-c9ccccc9)nc(-c9ccccc9)n8)c7)cccc65)cc4c4ccccc4c3c2)cc1. The molecule has 0 aliphatic carbocycles. The summed E-state index contributed by atoms with van der Waals surface area (Å²) in [5, 5.41) is 14.6. The van der Waals surface area contributed by atoms with Crippen molar-refractivity contribution in [3.05, 3.63) is 328 Å². The smallest absolute Gasteiger partial charge is 0.164 e. The van der Waals surface area contributed by atoms with E-state index in [4.69, 9.17) is 15.0 Å². The minimum Gasteiger partial charge on any atom is -0.309 e. The van der Waals surface area contributed by atoms with Crippen molar-refractivity contribution in [1.82, 2.24) is 28.7 Å². The monoisotopic (exact) mass is 1180 g/mol. The first-order valence-electron chi connectivity index (χ1n) is 31.7. The van der Waals surface area contributed by atoms with Gasteiger partial charge in [-0.05, 0) is 163 Å². The quantitative estimate of drug-likeness (QED) is 0.135. The number of para-hydroxylation sites is 3. The number of nitrogens with zero attached hydrogens (tertiary/aromatic N) is 6. The van der Waals surface area contributed by atoms with Gasteiger partial charge >= 0.3 is 0 Å². The molecule has 0 aliphatic rings. The molecule has 93 heavy (non-hydrogen) atoms. The van der Waals surface area contributed by atoms with E-state index in [9.17, 15) is 0 Å². The standard InChI is InChI=1S/C87H54N6/c1-5-21-55(22-6-1)58-39-46-81-76(50-58)77-52-60(59-40-47-80-75(51-59)71-33-15-17-36-78(71)91(80)63-29-11-4-12-30-63)41-48-82(77)92(81)64-42-44-69-70-45-43-65(54-74(70)68-32-14-13-31-67(68)73(69)53-64)93-79-37-18-16-34-72(79)84-66(35-20-38-83(84)93)61-27-19-28-62(49-61)87-89-85(56-23-7-2-8-24-56)88-86(90-87)57-25-9-3-10-26-57/h1-54H. The lowest BCUT2D eigenvalue weighted by Gasteiger charge is -2.16. The Morgan fingerprint density at radius 2 is 0.538 bits per heavy atom. The van der Waals surface area contributed by atoms with E-state index < -0.39 is 0 Å². The lowest BCUT2D eigenvalue weighted by molar-refractivity contribution is 1.07. The highest BCUT2D eigenvalue weighted by Gasteiger charge is 2.22. The molecule has 0 radical (unpaired) electrons. The largest absolute Gasteiger partial charge is 0.309 e. The topological polar surface area (TPSA) is 53.5 Å². The van der Waals surface area contributed by atoms with E-state index in [-0.39, 0.29) is 0 Å². The molecule has 0 amide bonds. The number of fused-ring (bicyclic) bond motifs is 15. The highest BCUT2D eigenvalue weighted by Crippen LogP contribution is 2.45. The van der Waals surface area contributed by atoms with Crippen LogP contribution in [-0.2, 0) is 0 Å². The van der Waals surface area contributed by atoms with Crippen molar-refractivity contribution in [2.75, 3.05) is 0 Å². The van der Waals surface area contributed by atoms with Gasteiger partial charge in [0, 0.05) is 66.1 Å². The second-order valence-corrected chi connectivity index (χ2v) is 24.3. The van der Waals surface area contributed by atoms with Crippen LogP contribution < -0.4 is 0 Å². The fraction of sp³-hybridized carbons (Fsp3) is 0. The zero-order chi connectivity index (χ0) is 61.1. The van der Waals surface area contributed by atoms with Crippen LogP contribution >= 0.6 is 0 Å². The van der Waals surface area contributed by atoms with Crippen LogP contribution in [0.2, 0.25) is 0 Å².